The van der Waals surface area contributed by atoms with Crippen LogP contribution in [0.4, 0.5) is 8.78 Å². The van der Waals surface area contributed by atoms with Crippen molar-refractivity contribution in [3.63, 3.8) is 0 Å². The van der Waals surface area contributed by atoms with E-state index in [9.17, 15) is 9.18 Å². The van der Waals surface area contributed by atoms with Crippen LogP contribution in [-0.2, 0) is 23.2 Å². The summed E-state index contributed by atoms with van der Waals surface area (Å²) in [6, 6.07) is 4.11. The number of aliphatic imine (C=N–C) groups is 1. The number of hydrogen-bond donors (Lipinski definition) is 1. The lowest BCUT2D eigenvalue weighted by molar-refractivity contribution is -0.00109. The van der Waals surface area contributed by atoms with E-state index >= 15 is 4.39 Å². The van der Waals surface area contributed by atoms with Crippen LogP contribution in [0.2, 0.25) is 5.02 Å². The van der Waals surface area contributed by atoms with Crippen molar-refractivity contribution in [1.29, 1.82) is 0 Å². The van der Waals surface area contributed by atoms with Gasteiger partial charge in [0.05, 0.1) is 11.6 Å². The average Bonchev–Trinajstić information content (AvgIpc) is 2.99. The van der Waals surface area contributed by atoms with Gasteiger partial charge in [0.25, 0.3) is 0 Å². The maximum Gasteiger partial charge on any atom is 0.188 e. The van der Waals surface area contributed by atoms with E-state index in [1.807, 2.05) is 6.92 Å². The number of benzene rings is 1. The van der Waals surface area contributed by atoms with Gasteiger partial charge in [-0.3, -0.25) is 14.5 Å². The standard InChI is InChI=1S/C20H23ClF2N4O2/c1-4-27-9-14(21)18(26-27)16(28)8-12-5-6-15(22)13(7-12)20(3)19(2,23)11-29-10-17(24)25-20/h5-7,9H,4,8,10-11H2,1-3H3,(H2,24,25)/t19?,20-/m1/s1. The van der Waals surface area contributed by atoms with Crippen LogP contribution in [0.25, 0.3) is 0 Å². The molecule has 0 saturated heterocycles. The molecule has 0 spiro atoms. The molecule has 156 valence electrons. The predicted molar refractivity (Wildman–Crippen MR) is 107 cm³/mol. The third kappa shape index (κ3) is 4.04. The van der Waals surface area contributed by atoms with Crippen molar-refractivity contribution in [2.24, 2.45) is 10.7 Å². The Morgan fingerprint density at radius 1 is 1.41 bits per heavy atom. The van der Waals surface area contributed by atoms with Crippen LogP contribution in [0.15, 0.2) is 29.4 Å². The maximum atomic E-state index is 15.4. The first-order chi connectivity index (χ1) is 13.6. The second kappa shape index (κ2) is 7.84. The van der Waals surface area contributed by atoms with Crippen molar-refractivity contribution in [2.45, 2.75) is 44.9 Å². The van der Waals surface area contributed by atoms with Gasteiger partial charge in [0.15, 0.2) is 11.5 Å². The third-order valence-electron chi connectivity index (χ3n) is 5.23. The van der Waals surface area contributed by atoms with Gasteiger partial charge >= 0.3 is 0 Å². The molecule has 0 saturated carbocycles. The number of nitrogens with two attached hydrogens (primary N) is 1. The first kappa shape index (κ1) is 21.4. The quantitative estimate of drug-likeness (QED) is 0.745. The van der Waals surface area contributed by atoms with E-state index in [1.165, 1.54) is 32.0 Å². The number of carbonyl (C=O) groups is 1. The van der Waals surface area contributed by atoms with Gasteiger partial charge in [-0.25, -0.2) is 8.78 Å². The van der Waals surface area contributed by atoms with Crippen molar-refractivity contribution in [1.82, 2.24) is 9.78 Å². The minimum absolute atomic E-state index is 0.00596. The summed E-state index contributed by atoms with van der Waals surface area (Å²) in [6.07, 6.45) is 1.51. The van der Waals surface area contributed by atoms with Gasteiger partial charge in [0, 0.05) is 24.7 Å². The zero-order valence-electron chi connectivity index (χ0n) is 16.5. The molecule has 2 N–H and O–H groups in total. The normalized spacial score (nSPS) is 24.8. The summed E-state index contributed by atoms with van der Waals surface area (Å²) in [7, 11) is 0. The first-order valence-corrected chi connectivity index (χ1v) is 9.61. The molecule has 0 aliphatic carbocycles. The fraction of sp³-hybridized carbons (Fsp3) is 0.450. The molecule has 9 heteroatoms. The number of ether oxygens (including phenoxy) is 1. The van der Waals surface area contributed by atoms with Crippen LogP contribution in [0, 0.1) is 5.82 Å². The summed E-state index contributed by atoms with van der Waals surface area (Å²) < 4.78 is 36.9. The Kier molecular flexibility index (Phi) is 5.78. The number of aromatic nitrogens is 2. The molecule has 1 aromatic heterocycles. The summed E-state index contributed by atoms with van der Waals surface area (Å²) in [4.78, 5) is 16.9. The van der Waals surface area contributed by atoms with Crippen molar-refractivity contribution in [2.75, 3.05) is 13.2 Å². The topological polar surface area (TPSA) is 82.5 Å². The average molecular weight is 425 g/mol. The molecule has 1 aromatic carbocycles. The lowest BCUT2D eigenvalue weighted by atomic mass is 9.78. The zero-order valence-corrected chi connectivity index (χ0v) is 17.3. The monoisotopic (exact) mass is 424 g/mol. The SMILES string of the molecule is CCn1cc(Cl)c(C(=O)Cc2ccc(F)c([C@@]3(C)N=C(N)COCC3(C)F)c2)n1. The highest BCUT2D eigenvalue weighted by Crippen LogP contribution is 2.42. The molecule has 0 amide bonds. The summed E-state index contributed by atoms with van der Waals surface area (Å²) in [5, 5.41) is 4.41. The molecule has 3 rings (SSSR count). The molecule has 2 atom stereocenters. The van der Waals surface area contributed by atoms with Crippen LogP contribution in [-0.4, -0.2) is 40.3 Å². The Morgan fingerprint density at radius 2 is 2.14 bits per heavy atom. The first-order valence-electron chi connectivity index (χ1n) is 9.23. The second-order valence-electron chi connectivity index (χ2n) is 7.46. The van der Waals surface area contributed by atoms with Gasteiger partial charge < -0.3 is 10.5 Å². The molecule has 2 heterocycles. The van der Waals surface area contributed by atoms with Crippen molar-refractivity contribution < 1.29 is 18.3 Å². The number of amidine groups is 1. The van der Waals surface area contributed by atoms with Crippen LogP contribution in [0.1, 0.15) is 42.4 Å². The van der Waals surface area contributed by atoms with E-state index in [1.54, 1.807) is 10.9 Å². The van der Waals surface area contributed by atoms with Gasteiger partial charge in [0.1, 0.15) is 29.5 Å². The Morgan fingerprint density at radius 3 is 2.79 bits per heavy atom. The van der Waals surface area contributed by atoms with Gasteiger partial charge in [-0.15, -0.1) is 0 Å². The molecule has 0 fully saturated rings. The number of halogens is 3. The highest BCUT2D eigenvalue weighted by atomic mass is 35.5. The molecular weight excluding hydrogens is 402 g/mol. The van der Waals surface area contributed by atoms with E-state index < -0.39 is 17.0 Å². The van der Waals surface area contributed by atoms with Gasteiger partial charge in [0.2, 0.25) is 0 Å². The van der Waals surface area contributed by atoms with Gasteiger partial charge in [-0.1, -0.05) is 17.7 Å². The molecule has 1 aliphatic rings. The number of carbonyl (C=O) groups excluding carboxylic acids is 1. The molecule has 0 radical (unpaired) electrons. The molecule has 1 aliphatic heterocycles. The molecule has 6 nitrogen and oxygen atoms in total. The van der Waals surface area contributed by atoms with Gasteiger partial charge in [-0.05, 0) is 38.5 Å². The van der Waals surface area contributed by atoms with Crippen LogP contribution >= 0.6 is 11.6 Å². The van der Waals surface area contributed by atoms with E-state index in [0.29, 0.717) is 12.1 Å². The number of Topliss-reactive ketones (excluding diaryl/α,β-unsaturated/α-hetero) is 1. The number of alkyl halides is 1. The lowest BCUT2D eigenvalue weighted by Crippen LogP contribution is -2.46. The summed E-state index contributed by atoms with van der Waals surface area (Å²) >= 11 is 6.10. The van der Waals surface area contributed by atoms with E-state index in [4.69, 9.17) is 22.1 Å². The van der Waals surface area contributed by atoms with Crippen LogP contribution < -0.4 is 5.73 Å². The zero-order chi connectivity index (χ0) is 21.4. The number of nitrogens with zero attached hydrogens (tertiary/aromatic N) is 3. The van der Waals surface area contributed by atoms with Crippen molar-refractivity contribution >= 4 is 23.2 Å². The molecule has 29 heavy (non-hydrogen) atoms. The number of aryl methyl sites for hydroxylation is 1. The van der Waals surface area contributed by atoms with E-state index in [-0.39, 0.29) is 47.5 Å². The number of rotatable bonds is 5. The Balaban J connectivity index is 1.98. The summed E-state index contributed by atoms with van der Waals surface area (Å²) in [6.45, 7) is 4.89. The fourth-order valence-corrected chi connectivity index (χ4v) is 3.59. The number of hydrogen-bond acceptors (Lipinski definition) is 5. The predicted octanol–water partition coefficient (Wildman–Crippen LogP) is 3.45. The van der Waals surface area contributed by atoms with Crippen molar-refractivity contribution in [3.05, 3.63) is 52.1 Å². The maximum absolute atomic E-state index is 15.4. The summed E-state index contributed by atoms with van der Waals surface area (Å²) in [5.41, 5.74) is 2.82. The minimum atomic E-state index is -2.01. The van der Waals surface area contributed by atoms with Crippen LogP contribution in [0.3, 0.4) is 0 Å². The molecule has 1 unspecified atom stereocenters. The highest BCUT2D eigenvalue weighted by molar-refractivity contribution is 6.33. The lowest BCUT2D eigenvalue weighted by Gasteiger charge is -2.36. The van der Waals surface area contributed by atoms with Gasteiger partial charge in [-0.2, -0.15) is 5.10 Å². The highest BCUT2D eigenvalue weighted by Gasteiger charge is 2.50. The van der Waals surface area contributed by atoms with E-state index in [0.717, 1.165) is 0 Å². The number of ketones is 1. The smallest absolute Gasteiger partial charge is 0.188 e. The Hall–Kier alpha value is -2.32. The Bertz CT molecular complexity index is 973. The molecule has 0 bridgehead atoms. The molecule has 2 aromatic rings. The second-order valence-corrected chi connectivity index (χ2v) is 7.87. The van der Waals surface area contributed by atoms with E-state index in [2.05, 4.69) is 10.1 Å². The Labute approximate surface area is 172 Å². The van der Waals surface area contributed by atoms with Crippen molar-refractivity contribution in [3.8, 4) is 0 Å². The fourth-order valence-electron chi connectivity index (χ4n) is 3.34. The minimum Gasteiger partial charge on any atom is -0.386 e. The third-order valence-corrected chi connectivity index (χ3v) is 5.51. The summed E-state index contributed by atoms with van der Waals surface area (Å²) in [5.74, 6) is -0.883. The van der Waals surface area contributed by atoms with Crippen LogP contribution in [0.5, 0.6) is 0 Å². The largest absolute Gasteiger partial charge is 0.386 e. The molecular formula is C20H23ClF2N4O2.